The Morgan fingerprint density at radius 2 is 1.76 bits per heavy atom. The van der Waals surface area contributed by atoms with Crippen molar-refractivity contribution in [2.24, 2.45) is 5.10 Å². The summed E-state index contributed by atoms with van der Waals surface area (Å²) >= 11 is 1.19. The molecule has 0 amide bonds. The van der Waals surface area contributed by atoms with Gasteiger partial charge in [-0.2, -0.15) is 5.10 Å². The van der Waals surface area contributed by atoms with E-state index in [1.165, 1.54) is 24.0 Å². The Morgan fingerprint density at radius 3 is 2.52 bits per heavy atom. The van der Waals surface area contributed by atoms with E-state index in [4.69, 9.17) is 9.47 Å². The van der Waals surface area contributed by atoms with E-state index in [0.29, 0.717) is 22.3 Å². The van der Waals surface area contributed by atoms with Crippen LogP contribution in [0.2, 0.25) is 0 Å². The maximum Gasteiger partial charge on any atom is 0.350 e. The Kier molecular flexibility index (Phi) is 7.12. The first-order valence-electron chi connectivity index (χ1n) is 10.3. The van der Waals surface area contributed by atoms with Crippen LogP contribution in [0, 0.1) is 6.92 Å². The number of hydrogen-bond acceptors (Lipinski definition) is 7. The van der Waals surface area contributed by atoms with Crippen molar-refractivity contribution in [2.75, 3.05) is 12.5 Å². The number of nitrogens with zero attached hydrogens (tertiary/aromatic N) is 2. The van der Waals surface area contributed by atoms with E-state index in [1.807, 2.05) is 54.6 Å². The van der Waals surface area contributed by atoms with Crippen molar-refractivity contribution in [1.29, 1.82) is 0 Å². The fraction of sp³-hybridized carbons (Fsp3) is 0.115. The third-order valence-corrected chi connectivity index (χ3v) is 5.78. The van der Waals surface area contributed by atoms with E-state index in [1.54, 1.807) is 6.21 Å². The Hall–Kier alpha value is -3.97. The van der Waals surface area contributed by atoms with Gasteiger partial charge in [-0.05, 0) is 24.6 Å². The standard InChI is InChI=1S/C26H23N3O3S/c1-18-12-14-19(15-13-18)17-32-22-11-7-6-10-21(22)16-27-29-26-28-23(20-8-4-3-5-9-20)24(33-26)25(30)31-2/h3-16H,17H2,1-2H3,(H,28,29)/b27-16-. The van der Waals surface area contributed by atoms with Crippen LogP contribution in [0.4, 0.5) is 5.13 Å². The quantitative estimate of drug-likeness (QED) is 0.202. The second-order valence-corrected chi connectivity index (χ2v) is 8.24. The van der Waals surface area contributed by atoms with Crippen molar-refractivity contribution in [3.63, 3.8) is 0 Å². The fourth-order valence-electron chi connectivity index (χ4n) is 3.11. The van der Waals surface area contributed by atoms with Crippen LogP contribution in [-0.2, 0) is 11.3 Å². The van der Waals surface area contributed by atoms with Gasteiger partial charge >= 0.3 is 5.97 Å². The first-order chi connectivity index (χ1) is 16.1. The van der Waals surface area contributed by atoms with E-state index in [0.717, 1.165) is 22.4 Å². The van der Waals surface area contributed by atoms with Crippen LogP contribution in [0.15, 0.2) is 84.0 Å². The molecule has 0 aliphatic carbocycles. The molecule has 0 unspecified atom stereocenters. The zero-order valence-electron chi connectivity index (χ0n) is 18.3. The van der Waals surface area contributed by atoms with Crippen molar-refractivity contribution in [2.45, 2.75) is 13.5 Å². The number of carbonyl (C=O) groups excluding carboxylic acids is 1. The lowest BCUT2D eigenvalue weighted by molar-refractivity contribution is 0.0607. The van der Waals surface area contributed by atoms with Gasteiger partial charge < -0.3 is 9.47 Å². The van der Waals surface area contributed by atoms with Gasteiger partial charge in [0, 0.05) is 11.1 Å². The smallest absolute Gasteiger partial charge is 0.350 e. The first kappa shape index (κ1) is 22.2. The lowest BCUT2D eigenvalue weighted by atomic mass is 10.1. The largest absolute Gasteiger partial charge is 0.488 e. The number of thiazole rings is 1. The lowest BCUT2D eigenvalue weighted by Gasteiger charge is -2.09. The second kappa shape index (κ2) is 10.6. The molecular formula is C26H23N3O3S. The van der Waals surface area contributed by atoms with Crippen LogP contribution in [0.25, 0.3) is 11.3 Å². The molecule has 1 N–H and O–H groups in total. The summed E-state index contributed by atoms with van der Waals surface area (Å²) in [6.45, 7) is 2.52. The summed E-state index contributed by atoms with van der Waals surface area (Å²) in [4.78, 5) is 17.2. The normalized spacial score (nSPS) is 10.8. The molecule has 33 heavy (non-hydrogen) atoms. The Labute approximate surface area is 196 Å². The first-order valence-corrected chi connectivity index (χ1v) is 11.2. The van der Waals surface area contributed by atoms with Crippen LogP contribution in [0.5, 0.6) is 5.75 Å². The number of aryl methyl sites for hydroxylation is 1. The molecule has 1 aromatic heterocycles. The predicted octanol–water partition coefficient (Wildman–Crippen LogP) is 5.93. The molecule has 0 radical (unpaired) electrons. The summed E-state index contributed by atoms with van der Waals surface area (Å²) in [5, 5.41) is 4.80. The molecule has 166 valence electrons. The lowest BCUT2D eigenvalue weighted by Crippen LogP contribution is -2.00. The van der Waals surface area contributed by atoms with Crippen molar-refractivity contribution >= 4 is 28.7 Å². The highest BCUT2D eigenvalue weighted by Crippen LogP contribution is 2.31. The van der Waals surface area contributed by atoms with E-state index in [-0.39, 0.29) is 0 Å². The molecule has 4 rings (SSSR count). The topological polar surface area (TPSA) is 72.8 Å². The number of anilines is 1. The summed E-state index contributed by atoms with van der Waals surface area (Å²) in [5.74, 6) is 0.293. The molecule has 0 aliphatic rings. The zero-order chi connectivity index (χ0) is 23.0. The number of para-hydroxylation sites is 1. The minimum Gasteiger partial charge on any atom is -0.488 e. The van der Waals surface area contributed by atoms with Crippen molar-refractivity contribution < 1.29 is 14.3 Å². The van der Waals surface area contributed by atoms with E-state index < -0.39 is 5.97 Å². The van der Waals surface area contributed by atoms with Gasteiger partial charge in [0.05, 0.1) is 19.0 Å². The molecule has 7 heteroatoms. The molecule has 0 atom stereocenters. The predicted molar refractivity (Wildman–Crippen MR) is 132 cm³/mol. The van der Waals surface area contributed by atoms with E-state index in [2.05, 4.69) is 46.7 Å². The summed E-state index contributed by atoms with van der Waals surface area (Å²) in [5.41, 5.74) is 7.45. The van der Waals surface area contributed by atoms with Gasteiger partial charge in [0.1, 0.15) is 17.2 Å². The maximum absolute atomic E-state index is 12.2. The minimum absolute atomic E-state index is 0.420. The highest BCUT2D eigenvalue weighted by molar-refractivity contribution is 7.17. The van der Waals surface area contributed by atoms with Crippen LogP contribution < -0.4 is 10.2 Å². The number of benzene rings is 3. The Morgan fingerprint density at radius 1 is 1.03 bits per heavy atom. The molecule has 0 bridgehead atoms. The number of hydrazone groups is 1. The number of nitrogens with one attached hydrogen (secondary N) is 1. The van der Waals surface area contributed by atoms with Crippen molar-refractivity contribution in [3.05, 3.63) is 100 Å². The molecule has 3 aromatic carbocycles. The number of aromatic nitrogens is 1. The third-order valence-electron chi connectivity index (χ3n) is 4.84. The number of ether oxygens (including phenoxy) is 2. The van der Waals surface area contributed by atoms with Gasteiger partial charge in [0.2, 0.25) is 5.13 Å². The highest BCUT2D eigenvalue weighted by Gasteiger charge is 2.20. The van der Waals surface area contributed by atoms with Gasteiger partial charge in [0.25, 0.3) is 0 Å². The van der Waals surface area contributed by atoms with Crippen LogP contribution in [0.1, 0.15) is 26.4 Å². The zero-order valence-corrected chi connectivity index (χ0v) is 19.1. The summed E-state index contributed by atoms with van der Waals surface area (Å²) in [6, 6.07) is 25.4. The molecule has 0 saturated heterocycles. The van der Waals surface area contributed by atoms with Crippen LogP contribution in [0.3, 0.4) is 0 Å². The highest BCUT2D eigenvalue weighted by atomic mass is 32.1. The van der Waals surface area contributed by atoms with Gasteiger partial charge in [-0.1, -0.05) is 83.6 Å². The molecule has 4 aromatic rings. The number of esters is 1. The van der Waals surface area contributed by atoms with Crippen molar-refractivity contribution in [1.82, 2.24) is 4.98 Å². The maximum atomic E-state index is 12.2. The van der Waals surface area contributed by atoms with Gasteiger partial charge in [0.15, 0.2) is 0 Å². The monoisotopic (exact) mass is 457 g/mol. The Bertz CT molecular complexity index is 1250. The minimum atomic E-state index is -0.432. The molecule has 6 nitrogen and oxygen atoms in total. The third kappa shape index (κ3) is 5.64. The van der Waals surface area contributed by atoms with Crippen LogP contribution >= 0.6 is 11.3 Å². The van der Waals surface area contributed by atoms with Crippen molar-refractivity contribution in [3.8, 4) is 17.0 Å². The SMILES string of the molecule is COC(=O)c1sc(N/N=C\c2ccccc2OCc2ccc(C)cc2)nc1-c1ccccc1. The molecule has 0 aliphatic heterocycles. The van der Waals surface area contributed by atoms with Gasteiger partial charge in [-0.25, -0.2) is 9.78 Å². The number of rotatable bonds is 8. The molecule has 0 saturated carbocycles. The van der Waals surface area contributed by atoms with Gasteiger partial charge in [-0.3, -0.25) is 5.43 Å². The van der Waals surface area contributed by atoms with Crippen LogP contribution in [-0.4, -0.2) is 24.3 Å². The molecule has 0 spiro atoms. The number of carbonyl (C=O) groups is 1. The molecular weight excluding hydrogens is 434 g/mol. The average Bonchev–Trinajstić information content (AvgIpc) is 3.29. The number of hydrogen-bond donors (Lipinski definition) is 1. The summed E-state index contributed by atoms with van der Waals surface area (Å²) in [6.07, 6.45) is 1.67. The van der Waals surface area contributed by atoms with Gasteiger partial charge in [-0.15, -0.1) is 0 Å². The molecule has 1 heterocycles. The Balaban J connectivity index is 1.49. The average molecular weight is 458 g/mol. The summed E-state index contributed by atoms with van der Waals surface area (Å²) in [7, 11) is 1.36. The summed E-state index contributed by atoms with van der Waals surface area (Å²) < 4.78 is 10.9. The molecule has 0 fully saturated rings. The van der Waals surface area contributed by atoms with E-state index >= 15 is 0 Å². The number of methoxy groups -OCH3 is 1. The fourth-order valence-corrected chi connectivity index (χ4v) is 3.97. The van der Waals surface area contributed by atoms with E-state index in [9.17, 15) is 4.79 Å². The second-order valence-electron chi connectivity index (χ2n) is 7.24.